The van der Waals surface area contributed by atoms with E-state index in [1.807, 2.05) is 126 Å². The Morgan fingerprint density at radius 2 is 0.660 bits per heavy atom. The zero-order valence-electron chi connectivity index (χ0n) is 33.0. The average molecular weight is 680 g/mol. The summed E-state index contributed by atoms with van der Waals surface area (Å²) in [7, 11) is 0. The van der Waals surface area contributed by atoms with Gasteiger partial charge in [0.15, 0.2) is 0 Å². The summed E-state index contributed by atoms with van der Waals surface area (Å²) in [5, 5.41) is 2.30. The number of fused-ring (bicyclic) bond motifs is 1. The van der Waals surface area contributed by atoms with E-state index in [-0.39, 0.29) is 35.4 Å². The van der Waals surface area contributed by atoms with Crippen molar-refractivity contribution in [3.8, 4) is 55.6 Å². The van der Waals surface area contributed by atoms with Crippen molar-refractivity contribution in [1.82, 2.24) is 0 Å². The molecule has 0 saturated carbocycles. The van der Waals surface area contributed by atoms with Crippen molar-refractivity contribution in [2.45, 2.75) is 0 Å². The number of anilines is 3. The fourth-order valence-electron chi connectivity index (χ4n) is 6.91. The quantitative estimate of drug-likeness (QED) is 0.154. The number of rotatable bonds is 8. The maximum absolute atomic E-state index is 9.47. The highest BCUT2D eigenvalue weighted by Crippen LogP contribution is 2.39. The minimum absolute atomic E-state index is 0.0933. The van der Waals surface area contributed by atoms with E-state index in [4.69, 9.17) is 0 Å². The van der Waals surface area contributed by atoms with E-state index >= 15 is 0 Å². The molecular formula is C52H37N. The lowest BCUT2D eigenvalue weighted by atomic mass is 9.99. The van der Waals surface area contributed by atoms with Gasteiger partial charge in [-0.3, -0.25) is 0 Å². The third kappa shape index (κ3) is 6.77. The van der Waals surface area contributed by atoms with Crippen LogP contribution >= 0.6 is 0 Å². The molecule has 0 saturated heterocycles. The van der Waals surface area contributed by atoms with Gasteiger partial charge in [-0.05, 0) is 109 Å². The Kier molecular flexibility index (Phi) is 7.50. The fourth-order valence-corrected chi connectivity index (χ4v) is 6.91. The molecule has 0 aromatic heterocycles. The maximum atomic E-state index is 9.47. The summed E-state index contributed by atoms with van der Waals surface area (Å²) in [5.41, 5.74) is 11.0. The Morgan fingerprint density at radius 1 is 0.245 bits per heavy atom. The van der Waals surface area contributed by atoms with Crippen LogP contribution in [-0.4, -0.2) is 0 Å². The van der Waals surface area contributed by atoms with E-state index in [2.05, 4.69) is 78.9 Å². The first-order valence-electron chi connectivity index (χ1n) is 19.8. The van der Waals surface area contributed by atoms with Gasteiger partial charge in [0.25, 0.3) is 0 Å². The second-order valence-corrected chi connectivity index (χ2v) is 13.1. The van der Waals surface area contributed by atoms with Gasteiger partial charge in [0.2, 0.25) is 0 Å². The normalized spacial score (nSPS) is 12.1. The van der Waals surface area contributed by atoms with Crippen molar-refractivity contribution in [3.63, 3.8) is 0 Å². The Bertz CT molecular complexity index is 2820. The summed E-state index contributed by atoms with van der Waals surface area (Å²) in [4.78, 5) is 1.86. The molecule has 0 bridgehead atoms. The van der Waals surface area contributed by atoms with Crippen molar-refractivity contribution in [1.29, 1.82) is 0 Å². The van der Waals surface area contributed by atoms with Crippen LogP contribution in [0.15, 0.2) is 224 Å². The first kappa shape index (κ1) is 27.7. The molecule has 0 atom stereocenters. The van der Waals surface area contributed by atoms with Gasteiger partial charge in [-0.2, -0.15) is 0 Å². The Morgan fingerprint density at radius 3 is 1.23 bits per heavy atom. The molecule has 0 fully saturated rings. The van der Waals surface area contributed by atoms with Crippen molar-refractivity contribution < 1.29 is 5.48 Å². The first-order chi connectivity index (χ1) is 27.9. The van der Waals surface area contributed by atoms with Gasteiger partial charge in [0.1, 0.15) is 0 Å². The topological polar surface area (TPSA) is 3.24 Å². The monoisotopic (exact) mass is 679 g/mol. The van der Waals surface area contributed by atoms with Crippen LogP contribution in [0, 0.1) is 0 Å². The summed E-state index contributed by atoms with van der Waals surface area (Å²) in [6, 6.07) is 66.9. The van der Waals surface area contributed by atoms with E-state index in [0.29, 0.717) is 5.56 Å². The summed E-state index contributed by atoms with van der Waals surface area (Å²) in [6.45, 7) is 0. The summed E-state index contributed by atoms with van der Waals surface area (Å²) in [5.74, 6) is 0. The highest BCUT2D eigenvalue weighted by molar-refractivity contribution is 5.89. The Hall–Kier alpha value is -6.96. The van der Waals surface area contributed by atoms with E-state index < -0.39 is 0 Å². The summed E-state index contributed by atoms with van der Waals surface area (Å²) >= 11 is 0. The largest absolute Gasteiger partial charge is 0.310 e. The number of benzene rings is 9. The van der Waals surface area contributed by atoms with Crippen LogP contribution in [0.4, 0.5) is 17.1 Å². The predicted molar refractivity (Wildman–Crippen MR) is 226 cm³/mol. The van der Waals surface area contributed by atoms with Gasteiger partial charge in [0.05, 0.1) is 5.48 Å². The molecule has 9 aromatic carbocycles. The molecule has 1 nitrogen and oxygen atoms in total. The highest BCUT2D eigenvalue weighted by Gasteiger charge is 2.15. The predicted octanol–water partition coefficient (Wildman–Crippen LogP) is 14.6. The zero-order chi connectivity index (χ0) is 38.9. The molecule has 0 amide bonds. The molecule has 0 radical (unpaired) electrons. The second-order valence-electron chi connectivity index (χ2n) is 13.1. The Labute approximate surface area is 317 Å². The third-order valence-corrected chi connectivity index (χ3v) is 9.75. The lowest BCUT2D eigenvalue weighted by Gasteiger charge is -2.26. The van der Waals surface area contributed by atoms with Crippen LogP contribution in [0.5, 0.6) is 0 Å². The molecule has 0 aliphatic heterocycles. The van der Waals surface area contributed by atoms with E-state index in [0.717, 1.165) is 66.7 Å². The maximum Gasteiger partial charge on any atom is 0.0645 e. The van der Waals surface area contributed by atoms with Crippen LogP contribution in [-0.2, 0) is 0 Å². The van der Waals surface area contributed by atoms with Gasteiger partial charge in [-0.1, -0.05) is 182 Å². The van der Waals surface area contributed by atoms with Crippen molar-refractivity contribution in [2.24, 2.45) is 0 Å². The van der Waals surface area contributed by atoms with Crippen molar-refractivity contribution in [2.75, 3.05) is 4.90 Å². The van der Waals surface area contributed by atoms with E-state index in [1.165, 1.54) is 0 Å². The molecular weight excluding hydrogens is 639 g/mol. The van der Waals surface area contributed by atoms with Crippen molar-refractivity contribution >= 4 is 27.8 Å². The van der Waals surface area contributed by atoms with Crippen LogP contribution in [0.3, 0.4) is 0 Å². The molecule has 9 aromatic rings. The van der Waals surface area contributed by atoms with Crippen LogP contribution in [0.2, 0.25) is 0 Å². The van der Waals surface area contributed by atoms with E-state index in [9.17, 15) is 5.48 Å². The van der Waals surface area contributed by atoms with Crippen LogP contribution < -0.4 is 4.90 Å². The zero-order valence-corrected chi connectivity index (χ0v) is 29.0. The van der Waals surface area contributed by atoms with Gasteiger partial charge in [-0.25, -0.2) is 0 Å². The number of hydrogen-bond donors (Lipinski definition) is 0. The fraction of sp³-hybridized carbons (Fsp3) is 0. The van der Waals surface area contributed by atoms with Gasteiger partial charge >= 0.3 is 0 Å². The highest BCUT2D eigenvalue weighted by atomic mass is 15.1. The Balaban J connectivity index is 1.14. The van der Waals surface area contributed by atoms with E-state index in [1.54, 1.807) is 0 Å². The van der Waals surface area contributed by atoms with Crippen molar-refractivity contribution in [3.05, 3.63) is 224 Å². The van der Waals surface area contributed by atoms with Crippen LogP contribution in [0.25, 0.3) is 66.4 Å². The molecule has 0 aliphatic rings. The smallest absolute Gasteiger partial charge is 0.0645 e. The minimum Gasteiger partial charge on any atom is -0.310 e. The average Bonchev–Trinajstić information content (AvgIpc) is 3.28. The number of hydrogen-bond acceptors (Lipinski definition) is 1. The molecule has 0 spiro atoms. The van der Waals surface area contributed by atoms with Gasteiger partial charge < -0.3 is 4.90 Å². The molecule has 1 heteroatoms. The van der Waals surface area contributed by atoms with Crippen LogP contribution in [0.1, 0.15) is 5.48 Å². The lowest BCUT2D eigenvalue weighted by molar-refractivity contribution is 1.28. The molecule has 9 rings (SSSR count). The number of nitrogens with zero attached hydrogens (tertiary/aromatic N) is 1. The SMILES string of the molecule is [2H]c1c([2H])c(N(c2ccc(-c3ccc(-c4ccccc4)cc3)cc2)c2cccc(-c3ccc4ccccc4c3)c2)c([2H])c([2H])c1-c1ccc(-c2ccccc2)cc1. The van der Waals surface area contributed by atoms with Gasteiger partial charge in [0, 0.05) is 17.1 Å². The molecule has 53 heavy (non-hydrogen) atoms. The molecule has 0 unspecified atom stereocenters. The molecule has 0 N–H and O–H groups in total. The van der Waals surface area contributed by atoms with Gasteiger partial charge in [-0.15, -0.1) is 0 Å². The summed E-state index contributed by atoms with van der Waals surface area (Å²) in [6.07, 6.45) is 0. The second kappa shape index (κ2) is 14.3. The molecule has 0 aliphatic carbocycles. The molecule has 0 heterocycles. The standard InChI is InChI=1S/C52H37N/c1-3-10-38(11-4-1)41-18-22-43(23-19-41)45-28-32-50(33-29-45)53(52-17-9-16-48(37-52)49-27-26-40-14-7-8-15-47(40)36-49)51-34-30-46(31-35-51)44-24-20-42(21-25-44)39-12-5-2-6-13-39/h1-37H/i28D,29D,32D,33D. The minimum atomic E-state index is -0.116. The lowest BCUT2D eigenvalue weighted by Crippen LogP contribution is -2.10. The first-order valence-corrected chi connectivity index (χ1v) is 17.8. The molecule has 250 valence electrons. The summed E-state index contributed by atoms with van der Waals surface area (Å²) < 4.78 is 37.6. The third-order valence-electron chi connectivity index (χ3n) is 9.75.